The van der Waals surface area contributed by atoms with Crippen molar-refractivity contribution >= 4 is 12.3 Å². The van der Waals surface area contributed by atoms with Gasteiger partial charge < -0.3 is 29.5 Å². The lowest BCUT2D eigenvalue weighted by atomic mass is 10.5. The molecule has 1 atom stereocenters. The number of carboxylic acid groups (broad SMARTS) is 1. The number of hydrogen-bond acceptors (Lipinski definition) is 7. The molecule has 0 amide bonds. The van der Waals surface area contributed by atoms with Crippen molar-refractivity contribution in [2.75, 3.05) is 20.3 Å². The van der Waals surface area contributed by atoms with Gasteiger partial charge in [-0.3, -0.25) is 0 Å². The lowest BCUT2D eigenvalue weighted by molar-refractivity contribution is -0.0715. The van der Waals surface area contributed by atoms with Gasteiger partial charge >= 0.3 is 12.3 Å². The fraction of sp³-hybridized carbons (Fsp3) is 0.750. The van der Waals surface area contributed by atoms with E-state index in [9.17, 15) is 9.59 Å². The van der Waals surface area contributed by atoms with Crippen LogP contribution in [0.15, 0.2) is 0 Å². The van der Waals surface area contributed by atoms with Crippen molar-refractivity contribution in [2.45, 2.75) is 19.6 Å². The Morgan fingerprint density at radius 1 is 1.44 bits per heavy atom. The van der Waals surface area contributed by atoms with Crippen LogP contribution in [0.2, 0.25) is 0 Å². The second-order valence-electron chi connectivity index (χ2n) is 2.19. The Kier molecular flexibility index (Phi) is 12.2. The minimum atomic E-state index is -1.45. The molecule has 1 fully saturated rings. The van der Waals surface area contributed by atoms with Crippen molar-refractivity contribution in [3.63, 3.8) is 0 Å². The number of aliphatic hydroxyl groups excluding tert-OH is 2. The van der Waals surface area contributed by atoms with E-state index in [2.05, 4.69) is 14.2 Å². The largest absolute Gasteiger partial charge is 0.508 e. The van der Waals surface area contributed by atoms with Crippen LogP contribution < -0.4 is 0 Å². The molecule has 0 aromatic heterocycles. The fourth-order valence-corrected chi connectivity index (χ4v) is 0.491. The summed E-state index contributed by atoms with van der Waals surface area (Å²) < 4.78 is 12.5. The summed E-state index contributed by atoms with van der Waals surface area (Å²) in [4.78, 5) is 19.4. The van der Waals surface area contributed by atoms with Gasteiger partial charge in [-0.1, -0.05) is 6.92 Å². The number of cyclic esters (lactones) is 2. The number of carbonyl (C=O) groups excluding carboxylic acids is 1. The summed E-state index contributed by atoms with van der Waals surface area (Å²) in [5, 5.41) is 23.3. The molecule has 1 heterocycles. The first kappa shape index (κ1) is 16.9. The molecule has 0 radical (unpaired) electrons. The van der Waals surface area contributed by atoms with Crippen LogP contribution in [0, 0.1) is 0 Å². The molecule has 1 aliphatic heterocycles. The molecule has 1 saturated heterocycles. The first-order valence-electron chi connectivity index (χ1n) is 4.38. The number of rotatable bonds is 2. The Morgan fingerprint density at radius 3 is 2.00 bits per heavy atom. The Morgan fingerprint density at radius 2 is 1.88 bits per heavy atom. The SMILES string of the molecule is CCC(O)OC(=O)O.CO.O=C1OCCO1. The molecular formula is C8H16O8. The van der Waals surface area contributed by atoms with E-state index < -0.39 is 18.6 Å². The van der Waals surface area contributed by atoms with Crippen LogP contribution in [-0.4, -0.2) is 54.2 Å². The van der Waals surface area contributed by atoms with Crippen LogP contribution >= 0.6 is 0 Å². The van der Waals surface area contributed by atoms with Crippen molar-refractivity contribution in [3.8, 4) is 0 Å². The number of aliphatic hydroxyl groups is 2. The molecule has 1 unspecified atom stereocenters. The highest BCUT2D eigenvalue weighted by Crippen LogP contribution is 1.92. The second kappa shape index (κ2) is 11.5. The highest BCUT2D eigenvalue weighted by atomic mass is 16.8. The third-order valence-electron chi connectivity index (χ3n) is 1.11. The van der Waals surface area contributed by atoms with E-state index in [1.165, 1.54) is 0 Å². The van der Waals surface area contributed by atoms with Crippen molar-refractivity contribution < 1.29 is 39.1 Å². The average molecular weight is 240 g/mol. The molecule has 0 bridgehead atoms. The maximum Gasteiger partial charge on any atom is 0.508 e. The van der Waals surface area contributed by atoms with Crippen molar-refractivity contribution in [2.24, 2.45) is 0 Å². The van der Waals surface area contributed by atoms with Gasteiger partial charge in [0, 0.05) is 13.5 Å². The summed E-state index contributed by atoms with van der Waals surface area (Å²) >= 11 is 0. The van der Waals surface area contributed by atoms with Gasteiger partial charge in [0.1, 0.15) is 13.2 Å². The van der Waals surface area contributed by atoms with Crippen molar-refractivity contribution in [1.29, 1.82) is 0 Å². The third-order valence-corrected chi connectivity index (χ3v) is 1.11. The predicted molar refractivity (Wildman–Crippen MR) is 50.9 cm³/mol. The number of hydrogen-bond donors (Lipinski definition) is 3. The van der Waals surface area contributed by atoms with Gasteiger partial charge in [0.15, 0.2) is 0 Å². The summed E-state index contributed by atoms with van der Waals surface area (Å²) in [6, 6.07) is 0. The van der Waals surface area contributed by atoms with Crippen LogP contribution in [0.4, 0.5) is 9.59 Å². The molecule has 0 saturated carbocycles. The van der Waals surface area contributed by atoms with Gasteiger partial charge in [-0.2, -0.15) is 0 Å². The zero-order valence-electron chi connectivity index (χ0n) is 9.08. The third kappa shape index (κ3) is 12.5. The van der Waals surface area contributed by atoms with Gasteiger partial charge in [0.05, 0.1) is 0 Å². The molecule has 1 aliphatic rings. The van der Waals surface area contributed by atoms with Gasteiger partial charge in [-0.05, 0) is 0 Å². The van der Waals surface area contributed by atoms with E-state index in [0.717, 1.165) is 7.11 Å². The molecule has 8 heteroatoms. The maximum atomic E-state index is 9.80. The number of carbonyl (C=O) groups is 2. The molecule has 1 rings (SSSR count). The zero-order valence-corrected chi connectivity index (χ0v) is 9.08. The molecule has 96 valence electrons. The summed E-state index contributed by atoms with van der Waals surface area (Å²) in [6.45, 7) is 2.45. The summed E-state index contributed by atoms with van der Waals surface area (Å²) in [5.41, 5.74) is 0. The van der Waals surface area contributed by atoms with Crippen LogP contribution in [0.3, 0.4) is 0 Å². The smallest absolute Gasteiger partial charge is 0.450 e. The van der Waals surface area contributed by atoms with Crippen molar-refractivity contribution in [1.82, 2.24) is 0 Å². The van der Waals surface area contributed by atoms with E-state index in [-0.39, 0.29) is 6.42 Å². The molecule has 0 aromatic rings. The van der Waals surface area contributed by atoms with E-state index >= 15 is 0 Å². The Labute approximate surface area is 92.3 Å². The minimum Gasteiger partial charge on any atom is -0.450 e. The van der Waals surface area contributed by atoms with Gasteiger partial charge in [-0.15, -0.1) is 0 Å². The normalized spacial score (nSPS) is 14.1. The van der Waals surface area contributed by atoms with E-state index in [1.54, 1.807) is 6.92 Å². The Bertz CT molecular complexity index is 184. The summed E-state index contributed by atoms with van der Waals surface area (Å²) in [5.74, 6) is 0. The van der Waals surface area contributed by atoms with Crippen molar-refractivity contribution in [3.05, 3.63) is 0 Å². The monoisotopic (exact) mass is 240 g/mol. The first-order chi connectivity index (χ1) is 7.56. The fourth-order valence-electron chi connectivity index (χ4n) is 0.491. The van der Waals surface area contributed by atoms with Crippen LogP contribution in [-0.2, 0) is 14.2 Å². The highest BCUT2D eigenvalue weighted by Gasteiger charge is 2.09. The molecule has 16 heavy (non-hydrogen) atoms. The highest BCUT2D eigenvalue weighted by molar-refractivity contribution is 5.61. The van der Waals surface area contributed by atoms with E-state index in [0.29, 0.717) is 13.2 Å². The Balaban J connectivity index is 0. The quantitative estimate of drug-likeness (QED) is 0.461. The predicted octanol–water partition coefficient (Wildman–Crippen LogP) is 0.171. The first-order valence-corrected chi connectivity index (χ1v) is 4.38. The lowest BCUT2D eigenvalue weighted by Gasteiger charge is -2.03. The molecule has 3 N–H and O–H groups in total. The van der Waals surface area contributed by atoms with E-state index in [1.807, 2.05) is 0 Å². The maximum absolute atomic E-state index is 9.80. The van der Waals surface area contributed by atoms with Crippen LogP contribution in [0.25, 0.3) is 0 Å². The Hall–Kier alpha value is -1.54. The van der Waals surface area contributed by atoms with Gasteiger partial charge in [0.2, 0.25) is 6.29 Å². The van der Waals surface area contributed by atoms with Gasteiger partial charge in [0.25, 0.3) is 0 Å². The minimum absolute atomic E-state index is 0.284. The number of ether oxygens (including phenoxy) is 3. The molecular weight excluding hydrogens is 224 g/mol. The average Bonchev–Trinajstić information content (AvgIpc) is 2.72. The van der Waals surface area contributed by atoms with Crippen LogP contribution in [0.1, 0.15) is 13.3 Å². The zero-order chi connectivity index (χ0) is 13.0. The van der Waals surface area contributed by atoms with Crippen LogP contribution in [0.5, 0.6) is 0 Å². The lowest BCUT2D eigenvalue weighted by Crippen LogP contribution is -2.14. The second-order valence-corrected chi connectivity index (χ2v) is 2.19. The molecule has 0 aliphatic carbocycles. The molecule has 0 aromatic carbocycles. The summed E-state index contributed by atoms with van der Waals surface area (Å²) in [6.07, 6.45) is -2.88. The standard InChI is InChI=1S/C4H8O4.C3H4O3.CH4O/c1-2-3(5)8-4(6)7;4-3-5-1-2-6-3;1-2/h3,5H,2H2,1H3,(H,6,7);1-2H2;2H,1H3. The van der Waals surface area contributed by atoms with Gasteiger partial charge in [-0.25, -0.2) is 9.59 Å². The van der Waals surface area contributed by atoms with E-state index in [4.69, 9.17) is 15.3 Å². The molecule has 0 spiro atoms. The molecule has 8 nitrogen and oxygen atoms in total. The topological polar surface area (TPSA) is 123 Å². The summed E-state index contributed by atoms with van der Waals surface area (Å²) in [7, 11) is 1.00.